The van der Waals surface area contributed by atoms with Gasteiger partial charge in [-0.2, -0.15) is 0 Å². The Labute approximate surface area is 213 Å². The van der Waals surface area contributed by atoms with Crippen LogP contribution in [0.3, 0.4) is 0 Å². The van der Waals surface area contributed by atoms with Crippen LogP contribution in [0.2, 0.25) is 0 Å². The number of hydrogen-bond donors (Lipinski definition) is 7. The smallest absolute Gasteiger partial charge is 0.330 e. The van der Waals surface area contributed by atoms with Crippen molar-refractivity contribution in [3.05, 3.63) is 59.5 Å². The van der Waals surface area contributed by atoms with Crippen molar-refractivity contribution < 1.29 is 29.6 Å². The van der Waals surface area contributed by atoms with Crippen molar-refractivity contribution in [3.63, 3.8) is 0 Å². The SMILES string of the molecule is Cc1cn(CC(=O)NCCNC(=O)CCc2cn([C@@H]3O[C@H](CO)[C@@H](O)[C@H]3O)c(=O)[nH]c2=O)c(=O)[nH]c1=S. The van der Waals surface area contributed by atoms with Crippen LogP contribution in [-0.2, 0) is 27.3 Å². The number of nitrogens with zero attached hydrogens (tertiary/aromatic N) is 2. The Hall–Kier alpha value is -3.44. The molecular weight excluding hydrogens is 512 g/mol. The number of hydrogen-bond acceptors (Lipinski definition) is 10. The summed E-state index contributed by atoms with van der Waals surface area (Å²) >= 11 is 4.96. The second-order valence-electron chi connectivity index (χ2n) is 8.45. The minimum atomic E-state index is -1.52. The van der Waals surface area contributed by atoms with Gasteiger partial charge in [-0.15, -0.1) is 0 Å². The average molecular weight is 541 g/mol. The van der Waals surface area contributed by atoms with E-state index in [1.54, 1.807) is 6.92 Å². The predicted molar refractivity (Wildman–Crippen MR) is 129 cm³/mol. The molecule has 37 heavy (non-hydrogen) atoms. The molecule has 202 valence electrons. The van der Waals surface area contributed by atoms with E-state index in [1.165, 1.54) is 10.8 Å². The van der Waals surface area contributed by atoms with Gasteiger partial charge in [0.25, 0.3) is 5.56 Å². The van der Waals surface area contributed by atoms with Crippen molar-refractivity contribution in [1.82, 2.24) is 29.7 Å². The Balaban J connectivity index is 1.48. The Morgan fingerprint density at radius 2 is 1.73 bits per heavy atom. The topological polar surface area (TPSA) is 221 Å². The van der Waals surface area contributed by atoms with Crippen molar-refractivity contribution in [1.29, 1.82) is 0 Å². The number of aliphatic hydroxyl groups excluding tert-OH is 3. The first-order chi connectivity index (χ1) is 17.5. The molecule has 0 bridgehead atoms. The normalized spacial score (nSPS) is 21.1. The Kier molecular flexibility index (Phi) is 9.28. The molecular formula is C21H28N6O9S. The predicted octanol–water partition coefficient (Wildman–Crippen LogP) is -3.46. The molecule has 4 atom stereocenters. The van der Waals surface area contributed by atoms with Gasteiger partial charge in [0.05, 0.1) is 6.61 Å². The summed E-state index contributed by atoms with van der Waals surface area (Å²) in [7, 11) is 0. The quantitative estimate of drug-likeness (QED) is 0.117. The first-order valence-electron chi connectivity index (χ1n) is 11.3. The molecule has 3 heterocycles. The summed E-state index contributed by atoms with van der Waals surface area (Å²) in [5, 5.41) is 34.4. The Bertz CT molecular complexity index is 1380. The van der Waals surface area contributed by atoms with E-state index in [4.69, 9.17) is 17.0 Å². The van der Waals surface area contributed by atoms with Gasteiger partial charge in [0.1, 0.15) is 29.5 Å². The third-order valence-corrected chi connectivity index (χ3v) is 6.15. The molecule has 1 aliphatic rings. The lowest BCUT2D eigenvalue weighted by molar-refractivity contribution is -0.123. The summed E-state index contributed by atoms with van der Waals surface area (Å²) in [5.74, 6) is -0.873. The number of nitrogens with one attached hydrogen (secondary N) is 4. The zero-order valence-corrected chi connectivity index (χ0v) is 20.6. The molecule has 1 aliphatic heterocycles. The Morgan fingerprint density at radius 1 is 1.05 bits per heavy atom. The molecule has 16 heteroatoms. The standard InChI is InChI=1S/C21H28N6O9S/c1-10-6-26(20(34)25-18(10)37)8-14(30)23-5-4-22-13(29)3-2-11-7-27(21(35)24-17(11)33)19-16(32)15(31)12(9-28)36-19/h6-7,12,15-16,19,28,31-32H,2-5,8-9H2,1H3,(H,22,29)(H,23,30)(H,24,33,35)(H,25,34,37)/t12-,15-,16-,19-/m1/s1. The number of aliphatic hydroxyl groups is 3. The summed E-state index contributed by atoms with van der Waals surface area (Å²) in [5.41, 5.74) is -1.43. The van der Waals surface area contributed by atoms with E-state index in [-0.39, 0.29) is 38.0 Å². The fourth-order valence-electron chi connectivity index (χ4n) is 3.69. The zero-order chi connectivity index (χ0) is 27.3. The number of aromatic nitrogens is 4. The molecule has 0 saturated carbocycles. The molecule has 0 spiro atoms. The van der Waals surface area contributed by atoms with Crippen LogP contribution < -0.4 is 27.6 Å². The number of aryl methyl sites for hydroxylation is 2. The summed E-state index contributed by atoms with van der Waals surface area (Å²) < 4.78 is 7.68. The van der Waals surface area contributed by atoms with Gasteiger partial charge in [-0.3, -0.25) is 33.5 Å². The van der Waals surface area contributed by atoms with E-state index >= 15 is 0 Å². The third-order valence-electron chi connectivity index (χ3n) is 5.73. The van der Waals surface area contributed by atoms with Gasteiger partial charge in [-0.1, -0.05) is 12.2 Å². The summed E-state index contributed by atoms with van der Waals surface area (Å²) in [6.07, 6.45) is -2.96. The number of amides is 2. The molecule has 3 rings (SSSR count). The highest BCUT2D eigenvalue weighted by Crippen LogP contribution is 2.28. The molecule has 1 fully saturated rings. The molecule has 2 aromatic rings. The first kappa shape index (κ1) is 28.1. The molecule has 1 saturated heterocycles. The molecule has 2 aromatic heterocycles. The first-order valence-corrected chi connectivity index (χ1v) is 11.7. The van der Waals surface area contributed by atoms with E-state index in [0.717, 1.165) is 10.8 Å². The molecule has 0 radical (unpaired) electrons. The average Bonchev–Trinajstić information content (AvgIpc) is 3.13. The lowest BCUT2D eigenvalue weighted by atomic mass is 10.1. The largest absolute Gasteiger partial charge is 0.394 e. The van der Waals surface area contributed by atoms with Crippen molar-refractivity contribution in [2.75, 3.05) is 19.7 Å². The molecule has 2 amide bonds. The van der Waals surface area contributed by atoms with E-state index < -0.39 is 59.9 Å². The lowest BCUT2D eigenvalue weighted by Crippen LogP contribution is -2.39. The summed E-state index contributed by atoms with van der Waals surface area (Å²) in [6.45, 7) is 1.08. The summed E-state index contributed by atoms with van der Waals surface area (Å²) in [4.78, 5) is 65.0. The van der Waals surface area contributed by atoms with Crippen LogP contribution >= 0.6 is 12.2 Å². The Morgan fingerprint density at radius 3 is 2.38 bits per heavy atom. The monoisotopic (exact) mass is 540 g/mol. The molecule has 15 nitrogen and oxygen atoms in total. The van der Waals surface area contributed by atoms with E-state index in [0.29, 0.717) is 10.2 Å². The van der Waals surface area contributed by atoms with Crippen LogP contribution in [0.15, 0.2) is 26.8 Å². The number of carbonyl (C=O) groups excluding carboxylic acids is 2. The van der Waals surface area contributed by atoms with Crippen molar-refractivity contribution in [2.45, 2.75) is 50.8 Å². The maximum atomic E-state index is 12.2. The number of H-pyrrole nitrogens is 2. The van der Waals surface area contributed by atoms with Gasteiger partial charge in [-0.25, -0.2) is 9.59 Å². The van der Waals surface area contributed by atoms with E-state index in [2.05, 4.69) is 20.6 Å². The maximum absolute atomic E-state index is 12.2. The van der Waals surface area contributed by atoms with Gasteiger partial charge in [-0.05, 0) is 13.3 Å². The van der Waals surface area contributed by atoms with E-state index in [1.807, 2.05) is 0 Å². The highest BCUT2D eigenvalue weighted by molar-refractivity contribution is 7.71. The van der Waals surface area contributed by atoms with Crippen LogP contribution in [0.4, 0.5) is 0 Å². The van der Waals surface area contributed by atoms with Crippen LogP contribution in [0.25, 0.3) is 0 Å². The molecule has 0 aromatic carbocycles. The lowest BCUT2D eigenvalue weighted by Gasteiger charge is -2.18. The second kappa shape index (κ2) is 12.2. The number of aromatic amines is 2. The van der Waals surface area contributed by atoms with Crippen LogP contribution in [0.5, 0.6) is 0 Å². The van der Waals surface area contributed by atoms with Crippen LogP contribution in [0, 0.1) is 11.6 Å². The van der Waals surface area contributed by atoms with Gasteiger partial charge in [0.2, 0.25) is 11.8 Å². The second-order valence-corrected chi connectivity index (χ2v) is 8.86. The van der Waals surface area contributed by atoms with Crippen LogP contribution in [-0.4, -0.2) is 84.2 Å². The maximum Gasteiger partial charge on any atom is 0.330 e. The number of ether oxygens (including phenoxy) is 1. The van der Waals surface area contributed by atoms with Gasteiger partial charge < -0.3 is 30.7 Å². The van der Waals surface area contributed by atoms with Crippen LogP contribution in [0.1, 0.15) is 23.8 Å². The van der Waals surface area contributed by atoms with Gasteiger partial charge in [0, 0.05) is 43.0 Å². The highest BCUT2D eigenvalue weighted by atomic mass is 32.1. The minimum Gasteiger partial charge on any atom is -0.394 e. The summed E-state index contributed by atoms with van der Waals surface area (Å²) in [6, 6.07) is 0. The molecule has 7 N–H and O–H groups in total. The molecule has 0 unspecified atom stereocenters. The van der Waals surface area contributed by atoms with Crippen molar-refractivity contribution >= 4 is 24.0 Å². The minimum absolute atomic E-state index is 0.0553. The van der Waals surface area contributed by atoms with Crippen molar-refractivity contribution in [2.24, 2.45) is 0 Å². The van der Waals surface area contributed by atoms with Gasteiger partial charge in [0.15, 0.2) is 6.23 Å². The fraction of sp³-hybridized carbons (Fsp3) is 0.524. The van der Waals surface area contributed by atoms with Crippen molar-refractivity contribution in [3.8, 4) is 0 Å². The number of rotatable bonds is 10. The zero-order valence-electron chi connectivity index (χ0n) is 19.8. The third kappa shape index (κ3) is 6.86. The van der Waals surface area contributed by atoms with Gasteiger partial charge >= 0.3 is 11.4 Å². The van der Waals surface area contributed by atoms with E-state index in [9.17, 15) is 39.3 Å². The highest BCUT2D eigenvalue weighted by Gasteiger charge is 2.43. The number of carbonyl (C=O) groups is 2. The molecule has 0 aliphatic carbocycles. The fourth-order valence-corrected chi connectivity index (χ4v) is 3.83.